The van der Waals surface area contributed by atoms with Crippen molar-refractivity contribution in [3.05, 3.63) is 29.8 Å². The summed E-state index contributed by atoms with van der Waals surface area (Å²) in [5, 5.41) is 0. The molecule has 0 spiro atoms. The zero-order valence-corrected chi connectivity index (χ0v) is 9.44. The van der Waals surface area contributed by atoms with Gasteiger partial charge in [-0.15, -0.1) is 11.8 Å². The summed E-state index contributed by atoms with van der Waals surface area (Å²) in [7, 11) is 0. The van der Waals surface area contributed by atoms with Crippen LogP contribution in [0.3, 0.4) is 0 Å². The maximum Gasteiger partial charge on any atom is 0.0158 e. The number of aryl methyl sites for hydroxylation is 1. The van der Waals surface area contributed by atoms with Gasteiger partial charge in [-0.1, -0.05) is 18.2 Å². The number of rotatable bonds is 4. The lowest BCUT2D eigenvalue weighted by Crippen LogP contribution is -2.22. The van der Waals surface area contributed by atoms with Crippen molar-refractivity contribution >= 4 is 11.8 Å². The fourth-order valence-electron chi connectivity index (χ4n) is 1.70. The summed E-state index contributed by atoms with van der Waals surface area (Å²) >= 11 is 1.83. The van der Waals surface area contributed by atoms with Gasteiger partial charge in [-0.25, -0.2) is 0 Å². The Bertz CT molecular complexity index is 318. The van der Waals surface area contributed by atoms with Gasteiger partial charge in [0.1, 0.15) is 0 Å². The number of hydrogen-bond donors (Lipinski definition) is 1. The molecule has 0 aromatic heterocycles. The molecule has 0 saturated heterocycles. The van der Waals surface area contributed by atoms with Crippen LogP contribution in [-0.2, 0) is 6.42 Å². The normalized spacial score (nSPS) is 18.1. The van der Waals surface area contributed by atoms with Gasteiger partial charge in [0, 0.05) is 10.4 Å². The predicted octanol–water partition coefficient (Wildman–Crippen LogP) is 2.83. The lowest BCUT2D eigenvalue weighted by molar-refractivity contribution is 0.606. The average Bonchev–Trinajstić information content (AvgIpc) is 2.95. The molecule has 2 heteroatoms. The van der Waals surface area contributed by atoms with Crippen molar-refractivity contribution in [2.45, 2.75) is 36.1 Å². The first-order chi connectivity index (χ1) is 6.73. The molecule has 14 heavy (non-hydrogen) atoms. The second kappa shape index (κ2) is 3.95. The van der Waals surface area contributed by atoms with Crippen LogP contribution in [-0.4, -0.2) is 11.8 Å². The highest BCUT2D eigenvalue weighted by Gasteiger charge is 2.37. The van der Waals surface area contributed by atoms with Crippen LogP contribution in [0.4, 0.5) is 0 Å². The summed E-state index contributed by atoms with van der Waals surface area (Å²) in [4.78, 5) is 1.40. The van der Waals surface area contributed by atoms with Crippen LogP contribution >= 0.6 is 11.8 Å². The number of thioether (sulfide) groups is 1. The predicted molar refractivity (Wildman–Crippen MR) is 62.7 cm³/mol. The third-order valence-electron chi connectivity index (χ3n) is 2.98. The van der Waals surface area contributed by atoms with Crippen LogP contribution in [0.15, 0.2) is 29.2 Å². The zero-order valence-electron chi connectivity index (χ0n) is 8.62. The lowest BCUT2D eigenvalue weighted by Gasteiger charge is -2.10. The van der Waals surface area contributed by atoms with E-state index < -0.39 is 0 Å². The van der Waals surface area contributed by atoms with Crippen molar-refractivity contribution < 1.29 is 0 Å². The molecule has 1 saturated carbocycles. The maximum absolute atomic E-state index is 6.08. The number of nitrogens with two attached hydrogens (primary N) is 1. The Morgan fingerprint density at radius 3 is 2.71 bits per heavy atom. The summed E-state index contributed by atoms with van der Waals surface area (Å²) in [6, 6.07) is 8.63. The van der Waals surface area contributed by atoms with E-state index in [1.807, 2.05) is 11.8 Å². The standard InChI is InChI=1S/C12H17NS/c1-14-11-5-3-2-4-10(11)6-7-12(13)8-9-12/h2-5H,6-9,13H2,1H3. The first-order valence-corrected chi connectivity index (χ1v) is 6.37. The van der Waals surface area contributed by atoms with Gasteiger partial charge >= 0.3 is 0 Å². The van der Waals surface area contributed by atoms with Crippen molar-refractivity contribution in [3.63, 3.8) is 0 Å². The zero-order chi connectivity index (χ0) is 10.0. The molecule has 0 radical (unpaired) electrons. The largest absolute Gasteiger partial charge is 0.325 e. The van der Waals surface area contributed by atoms with E-state index in [0.717, 1.165) is 12.8 Å². The van der Waals surface area contributed by atoms with Crippen molar-refractivity contribution in [3.8, 4) is 0 Å². The van der Waals surface area contributed by atoms with E-state index in [2.05, 4.69) is 30.5 Å². The highest BCUT2D eigenvalue weighted by atomic mass is 32.2. The fraction of sp³-hybridized carbons (Fsp3) is 0.500. The Kier molecular flexibility index (Phi) is 2.84. The van der Waals surface area contributed by atoms with Crippen LogP contribution in [0.25, 0.3) is 0 Å². The molecule has 76 valence electrons. The van der Waals surface area contributed by atoms with Crippen LogP contribution in [0.5, 0.6) is 0 Å². The molecule has 0 atom stereocenters. The third kappa shape index (κ3) is 2.31. The highest BCUT2D eigenvalue weighted by Crippen LogP contribution is 2.37. The first-order valence-electron chi connectivity index (χ1n) is 5.14. The molecule has 1 fully saturated rings. The minimum atomic E-state index is 0.186. The van der Waals surface area contributed by atoms with Gasteiger partial charge in [-0.05, 0) is 43.6 Å². The highest BCUT2D eigenvalue weighted by molar-refractivity contribution is 7.98. The quantitative estimate of drug-likeness (QED) is 0.768. The number of hydrogen-bond acceptors (Lipinski definition) is 2. The second-order valence-corrected chi connectivity index (χ2v) is 5.02. The maximum atomic E-state index is 6.08. The number of benzene rings is 1. The van der Waals surface area contributed by atoms with E-state index in [0.29, 0.717) is 0 Å². The molecule has 2 N–H and O–H groups in total. The summed E-state index contributed by atoms with van der Waals surface area (Å²) < 4.78 is 0. The van der Waals surface area contributed by atoms with Gasteiger partial charge in [0.05, 0.1) is 0 Å². The molecular weight excluding hydrogens is 190 g/mol. The van der Waals surface area contributed by atoms with Crippen molar-refractivity contribution in [1.29, 1.82) is 0 Å². The molecule has 0 aliphatic heterocycles. The summed E-state index contributed by atoms with van der Waals surface area (Å²) in [6.45, 7) is 0. The smallest absolute Gasteiger partial charge is 0.0158 e. The minimum Gasteiger partial charge on any atom is -0.325 e. The van der Waals surface area contributed by atoms with Crippen molar-refractivity contribution in [1.82, 2.24) is 0 Å². The summed E-state index contributed by atoms with van der Waals surface area (Å²) in [5.41, 5.74) is 7.72. The molecule has 1 aliphatic carbocycles. The Morgan fingerprint density at radius 1 is 1.36 bits per heavy atom. The summed E-state index contributed by atoms with van der Waals surface area (Å²) in [6.07, 6.45) is 6.84. The molecule has 0 unspecified atom stereocenters. The Labute approximate surface area is 90.1 Å². The monoisotopic (exact) mass is 207 g/mol. The van der Waals surface area contributed by atoms with E-state index in [1.54, 1.807) is 0 Å². The summed E-state index contributed by atoms with van der Waals surface area (Å²) in [5.74, 6) is 0. The van der Waals surface area contributed by atoms with Crippen molar-refractivity contribution in [2.24, 2.45) is 5.73 Å². The first kappa shape index (κ1) is 10.1. The SMILES string of the molecule is CSc1ccccc1CCC1(N)CC1. The second-order valence-electron chi connectivity index (χ2n) is 4.17. The van der Waals surface area contributed by atoms with Gasteiger partial charge < -0.3 is 5.73 Å². The Morgan fingerprint density at radius 2 is 2.07 bits per heavy atom. The fourth-order valence-corrected chi connectivity index (χ4v) is 2.35. The van der Waals surface area contributed by atoms with Gasteiger partial charge in [0.15, 0.2) is 0 Å². The molecule has 2 rings (SSSR count). The average molecular weight is 207 g/mol. The molecular formula is C12H17NS. The van der Waals surface area contributed by atoms with Crippen molar-refractivity contribution in [2.75, 3.05) is 6.26 Å². The minimum absolute atomic E-state index is 0.186. The molecule has 0 heterocycles. The molecule has 1 nitrogen and oxygen atoms in total. The van der Waals surface area contributed by atoms with Gasteiger partial charge in [-0.2, -0.15) is 0 Å². The van der Waals surface area contributed by atoms with Gasteiger partial charge in [0.2, 0.25) is 0 Å². The third-order valence-corrected chi connectivity index (χ3v) is 3.82. The molecule has 1 aromatic rings. The Balaban J connectivity index is 2.00. The molecule has 1 aliphatic rings. The topological polar surface area (TPSA) is 26.0 Å². The van der Waals surface area contributed by atoms with Crippen LogP contribution < -0.4 is 5.73 Å². The molecule has 0 amide bonds. The molecule has 0 bridgehead atoms. The van der Waals surface area contributed by atoms with E-state index in [9.17, 15) is 0 Å². The van der Waals surface area contributed by atoms with E-state index >= 15 is 0 Å². The van der Waals surface area contributed by atoms with Crippen LogP contribution in [0.1, 0.15) is 24.8 Å². The van der Waals surface area contributed by atoms with Crippen LogP contribution in [0.2, 0.25) is 0 Å². The van der Waals surface area contributed by atoms with Crippen LogP contribution in [0, 0.1) is 0 Å². The van der Waals surface area contributed by atoms with E-state index in [-0.39, 0.29) is 5.54 Å². The van der Waals surface area contributed by atoms with E-state index in [1.165, 1.54) is 23.3 Å². The Hall–Kier alpha value is -0.470. The molecule has 1 aromatic carbocycles. The van der Waals surface area contributed by atoms with Gasteiger partial charge in [0.25, 0.3) is 0 Å². The lowest BCUT2D eigenvalue weighted by atomic mass is 10.0. The van der Waals surface area contributed by atoms with Gasteiger partial charge in [-0.3, -0.25) is 0 Å². The van der Waals surface area contributed by atoms with E-state index in [4.69, 9.17) is 5.73 Å².